The van der Waals surface area contributed by atoms with Gasteiger partial charge in [0.25, 0.3) is 0 Å². The number of para-hydroxylation sites is 1. The molecule has 0 radical (unpaired) electrons. The topological polar surface area (TPSA) is 46.5 Å². The Morgan fingerprint density at radius 1 is 1.04 bits per heavy atom. The van der Waals surface area contributed by atoms with Crippen LogP contribution in [0.15, 0.2) is 54.6 Å². The Balaban J connectivity index is 0.00000261. The lowest BCUT2D eigenvalue weighted by molar-refractivity contribution is 0.0834. The zero-order valence-electron chi connectivity index (χ0n) is 15.7. The van der Waals surface area contributed by atoms with Crippen LogP contribution < -0.4 is 4.74 Å². The maximum Gasteiger partial charge on any atom is 0.166 e. The molecule has 0 amide bonds. The Morgan fingerprint density at radius 2 is 1.70 bits per heavy atom. The van der Waals surface area contributed by atoms with Crippen molar-refractivity contribution in [3.05, 3.63) is 65.7 Å². The molecule has 3 nitrogen and oxygen atoms in total. The van der Waals surface area contributed by atoms with E-state index in [1.807, 2.05) is 54.6 Å². The second-order valence-corrected chi connectivity index (χ2v) is 7.26. The van der Waals surface area contributed by atoms with Gasteiger partial charge in [-0.1, -0.05) is 68.1 Å². The molecule has 3 rings (SSSR count). The summed E-state index contributed by atoms with van der Waals surface area (Å²) in [6.45, 7) is 0.249. The molecule has 0 saturated heterocycles. The summed E-state index contributed by atoms with van der Waals surface area (Å²) >= 11 is 0. The number of rotatable bonds is 9. The highest BCUT2D eigenvalue weighted by molar-refractivity contribution is 5.98. The van der Waals surface area contributed by atoms with Crippen molar-refractivity contribution in [3.63, 3.8) is 0 Å². The molecule has 0 heterocycles. The van der Waals surface area contributed by atoms with Crippen molar-refractivity contribution in [1.29, 1.82) is 0 Å². The highest BCUT2D eigenvalue weighted by Crippen LogP contribution is 2.29. The van der Waals surface area contributed by atoms with Crippen molar-refractivity contribution in [2.75, 3.05) is 6.61 Å². The van der Waals surface area contributed by atoms with Crippen molar-refractivity contribution in [2.24, 2.45) is 5.92 Å². The Kier molecular flexibility index (Phi) is 8.83. The number of carbonyl (C=O) groups excluding carboxylic acids is 1. The number of halogens is 1. The minimum absolute atomic E-state index is 0. The molecule has 2 aromatic rings. The predicted octanol–water partition coefficient (Wildman–Crippen LogP) is 5.24. The summed E-state index contributed by atoms with van der Waals surface area (Å²) < 4.78 is 5.81. The van der Waals surface area contributed by atoms with E-state index in [0.29, 0.717) is 23.7 Å². The third-order valence-electron chi connectivity index (χ3n) is 5.18. The minimum atomic E-state index is -0.467. The van der Waals surface area contributed by atoms with Crippen molar-refractivity contribution < 1.29 is 14.6 Å². The minimum Gasteiger partial charge on any atom is -0.490 e. The third kappa shape index (κ3) is 6.67. The van der Waals surface area contributed by atoms with E-state index in [9.17, 15) is 9.90 Å². The summed E-state index contributed by atoms with van der Waals surface area (Å²) in [5, 5.41) is 10.2. The van der Waals surface area contributed by atoms with Crippen LogP contribution in [0.25, 0.3) is 0 Å². The van der Waals surface area contributed by atoms with Crippen LogP contribution in [0.4, 0.5) is 0 Å². The van der Waals surface area contributed by atoms with Crippen LogP contribution in [0.3, 0.4) is 0 Å². The van der Waals surface area contributed by atoms with Crippen LogP contribution >= 0.6 is 12.4 Å². The molecule has 2 aromatic carbocycles. The van der Waals surface area contributed by atoms with Gasteiger partial charge in [-0.3, -0.25) is 4.79 Å². The van der Waals surface area contributed by atoms with Gasteiger partial charge in [0.05, 0.1) is 11.7 Å². The molecule has 1 unspecified atom stereocenters. The SMILES string of the molecule is Cl.O=C(CCc1ccccc1)c1ccccc1OCC(O)CC1CCCC1. The molecule has 0 aromatic heterocycles. The zero-order valence-corrected chi connectivity index (χ0v) is 16.5. The first kappa shape index (κ1) is 21.5. The maximum absolute atomic E-state index is 12.6. The molecule has 0 aliphatic heterocycles. The highest BCUT2D eigenvalue weighted by atomic mass is 35.5. The van der Waals surface area contributed by atoms with Crippen LogP contribution in [0.2, 0.25) is 0 Å². The summed E-state index contributed by atoms with van der Waals surface area (Å²) in [5.74, 6) is 1.28. The van der Waals surface area contributed by atoms with Crippen LogP contribution in [-0.4, -0.2) is 23.6 Å². The number of hydrogen-bond donors (Lipinski definition) is 1. The van der Waals surface area contributed by atoms with Gasteiger partial charge in [-0.2, -0.15) is 0 Å². The number of ether oxygens (including phenoxy) is 1. The standard InChI is InChI=1S/C23H28O3.ClH/c24-20(16-19-10-4-5-11-19)17-26-23-13-7-6-12-21(23)22(25)15-14-18-8-2-1-3-9-18;/h1-3,6-9,12-13,19-20,24H,4-5,10-11,14-17H2;1H. The van der Waals surface area contributed by atoms with Crippen LogP contribution in [0, 0.1) is 5.92 Å². The van der Waals surface area contributed by atoms with Gasteiger partial charge in [0, 0.05) is 6.42 Å². The Bertz CT molecular complexity index is 696. The van der Waals surface area contributed by atoms with Gasteiger partial charge in [-0.15, -0.1) is 12.4 Å². The molecule has 0 spiro atoms. The largest absolute Gasteiger partial charge is 0.490 e. The molecule has 1 aliphatic rings. The van der Waals surface area contributed by atoms with E-state index < -0.39 is 6.10 Å². The molecule has 146 valence electrons. The molecule has 1 fully saturated rings. The lowest BCUT2D eigenvalue weighted by atomic mass is 10.0. The van der Waals surface area contributed by atoms with Crippen molar-refractivity contribution in [2.45, 2.75) is 51.0 Å². The van der Waals surface area contributed by atoms with E-state index in [1.165, 1.54) is 25.7 Å². The number of ketones is 1. The van der Waals surface area contributed by atoms with Crippen molar-refractivity contribution in [1.82, 2.24) is 0 Å². The highest BCUT2D eigenvalue weighted by Gasteiger charge is 2.20. The van der Waals surface area contributed by atoms with E-state index >= 15 is 0 Å². The summed E-state index contributed by atoms with van der Waals surface area (Å²) in [6, 6.07) is 17.4. The average molecular weight is 389 g/mol. The first-order chi connectivity index (χ1) is 12.7. The Morgan fingerprint density at radius 3 is 2.44 bits per heavy atom. The molecule has 1 saturated carbocycles. The smallest absolute Gasteiger partial charge is 0.166 e. The fraction of sp³-hybridized carbons (Fsp3) is 0.435. The summed E-state index contributed by atoms with van der Waals surface area (Å²) in [4.78, 5) is 12.6. The molecule has 1 N–H and O–H groups in total. The lowest BCUT2D eigenvalue weighted by Crippen LogP contribution is -2.21. The molecule has 1 atom stereocenters. The van der Waals surface area contributed by atoms with E-state index in [4.69, 9.17) is 4.74 Å². The summed E-state index contributed by atoms with van der Waals surface area (Å²) in [5.41, 5.74) is 1.77. The van der Waals surface area contributed by atoms with Gasteiger partial charge in [0.1, 0.15) is 12.4 Å². The predicted molar refractivity (Wildman–Crippen MR) is 111 cm³/mol. The number of aliphatic hydroxyl groups is 1. The fourth-order valence-electron chi connectivity index (χ4n) is 3.74. The van der Waals surface area contributed by atoms with Crippen LogP contribution in [-0.2, 0) is 6.42 Å². The van der Waals surface area contributed by atoms with E-state index in [1.54, 1.807) is 0 Å². The van der Waals surface area contributed by atoms with Crippen molar-refractivity contribution in [3.8, 4) is 5.75 Å². The van der Waals surface area contributed by atoms with Gasteiger partial charge >= 0.3 is 0 Å². The van der Waals surface area contributed by atoms with Gasteiger partial charge in [0.15, 0.2) is 5.78 Å². The normalized spacial score (nSPS) is 15.1. The molecule has 1 aliphatic carbocycles. The van der Waals surface area contributed by atoms with Crippen LogP contribution in [0.1, 0.15) is 54.4 Å². The number of Topliss-reactive ketones (excluding diaryl/α,β-unsaturated/α-hetero) is 1. The van der Waals surface area contributed by atoms with Gasteiger partial charge in [0.2, 0.25) is 0 Å². The first-order valence-corrected chi connectivity index (χ1v) is 9.69. The van der Waals surface area contributed by atoms with Gasteiger partial charge in [-0.25, -0.2) is 0 Å². The van der Waals surface area contributed by atoms with Crippen LogP contribution in [0.5, 0.6) is 5.75 Å². The molecule has 27 heavy (non-hydrogen) atoms. The molecule has 0 bridgehead atoms. The third-order valence-corrected chi connectivity index (χ3v) is 5.18. The van der Waals surface area contributed by atoms with Gasteiger partial charge in [-0.05, 0) is 36.5 Å². The Hall–Kier alpha value is -1.84. The lowest BCUT2D eigenvalue weighted by Gasteiger charge is -2.17. The van der Waals surface area contributed by atoms with Gasteiger partial charge < -0.3 is 9.84 Å². The number of hydrogen-bond acceptors (Lipinski definition) is 3. The maximum atomic E-state index is 12.6. The number of aryl methyl sites for hydroxylation is 1. The summed E-state index contributed by atoms with van der Waals surface area (Å²) in [7, 11) is 0. The number of benzene rings is 2. The zero-order chi connectivity index (χ0) is 18.2. The van der Waals surface area contributed by atoms with E-state index in [0.717, 1.165) is 18.4 Å². The monoisotopic (exact) mass is 388 g/mol. The fourth-order valence-corrected chi connectivity index (χ4v) is 3.74. The quantitative estimate of drug-likeness (QED) is 0.597. The molecular weight excluding hydrogens is 360 g/mol. The molecule has 4 heteroatoms. The number of carbonyl (C=O) groups is 1. The first-order valence-electron chi connectivity index (χ1n) is 9.69. The van der Waals surface area contributed by atoms with E-state index in [-0.39, 0.29) is 24.8 Å². The van der Waals surface area contributed by atoms with Crippen molar-refractivity contribution >= 4 is 18.2 Å². The molecular formula is C23H29ClO3. The average Bonchev–Trinajstić information content (AvgIpc) is 3.18. The second kappa shape index (κ2) is 11.1. The number of aliphatic hydroxyl groups excluding tert-OH is 1. The van der Waals surface area contributed by atoms with E-state index in [2.05, 4.69) is 0 Å². The summed E-state index contributed by atoms with van der Waals surface area (Å²) in [6.07, 6.45) is 6.48. The second-order valence-electron chi connectivity index (χ2n) is 7.26. The Labute approximate surface area is 168 Å².